The maximum atomic E-state index is 12.3. The first-order chi connectivity index (χ1) is 9.54. The average molecular weight is 270 g/mol. The SMILES string of the molecule is CCCC(=CC1=CC(=O)c2ccccc2C1=O)C(=O)O. The van der Waals surface area contributed by atoms with E-state index < -0.39 is 5.97 Å². The van der Waals surface area contributed by atoms with Crippen LogP contribution in [0.2, 0.25) is 0 Å². The summed E-state index contributed by atoms with van der Waals surface area (Å²) in [5.41, 5.74) is 0.966. The molecule has 0 aliphatic heterocycles. The van der Waals surface area contributed by atoms with Crippen molar-refractivity contribution in [3.8, 4) is 0 Å². The van der Waals surface area contributed by atoms with Crippen LogP contribution in [0.1, 0.15) is 40.5 Å². The number of carboxylic acid groups (broad SMARTS) is 1. The van der Waals surface area contributed by atoms with E-state index in [-0.39, 0.29) is 22.7 Å². The zero-order chi connectivity index (χ0) is 14.7. The average Bonchev–Trinajstić information content (AvgIpc) is 2.43. The topological polar surface area (TPSA) is 71.4 Å². The van der Waals surface area contributed by atoms with E-state index in [1.807, 2.05) is 6.92 Å². The van der Waals surface area contributed by atoms with Gasteiger partial charge in [-0.1, -0.05) is 37.6 Å². The van der Waals surface area contributed by atoms with Gasteiger partial charge in [-0.3, -0.25) is 9.59 Å². The van der Waals surface area contributed by atoms with Crippen LogP contribution in [0.4, 0.5) is 0 Å². The third kappa shape index (κ3) is 2.59. The Labute approximate surface area is 116 Å². The molecule has 0 heterocycles. The first-order valence-corrected chi connectivity index (χ1v) is 6.38. The standard InChI is InChI=1S/C16H14O4/c1-2-5-10(16(19)20)8-11-9-14(17)12-6-3-4-7-13(12)15(11)18/h3-4,6-9H,2,5H2,1H3,(H,19,20). The second-order valence-corrected chi connectivity index (χ2v) is 4.56. The monoisotopic (exact) mass is 270 g/mol. The Morgan fingerprint density at radius 1 is 1.20 bits per heavy atom. The molecule has 1 aromatic carbocycles. The Hall–Kier alpha value is -2.49. The number of benzene rings is 1. The fourth-order valence-corrected chi connectivity index (χ4v) is 2.14. The Balaban J connectivity index is 2.45. The number of rotatable bonds is 4. The molecule has 0 fully saturated rings. The molecular weight excluding hydrogens is 256 g/mol. The van der Waals surface area contributed by atoms with Gasteiger partial charge < -0.3 is 5.11 Å². The van der Waals surface area contributed by atoms with Crippen LogP contribution in [0.5, 0.6) is 0 Å². The van der Waals surface area contributed by atoms with Gasteiger partial charge in [0, 0.05) is 22.3 Å². The van der Waals surface area contributed by atoms with Gasteiger partial charge >= 0.3 is 5.97 Å². The predicted octanol–water partition coefficient (Wildman–Crippen LogP) is 2.80. The van der Waals surface area contributed by atoms with Gasteiger partial charge in [0.2, 0.25) is 0 Å². The smallest absolute Gasteiger partial charge is 0.331 e. The van der Waals surface area contributed by atoms with Crippen LogP contribution in [0.15, 0.2) is 47.6 Å². The molecule has 0 amide bonds. The summed E-state index contributed by atoms with van der Waals surface area (Å²) in [6.45, 7) is 1.86. The molecular formula is C16H14O4. The molecule has 0 aromatic heterocycles. The Morgan fingerprint density at radius 2 is 1.85 bits per heavy atom. The maximum absolute atomic E-state index is 12.3. The number of carboxylic acids is 1. The number of allylic oxidation sites excluding steroid dienone is 3. The largest absolute Gasteiger partial charge is 0.478 e. The number of carbonyl (C=O) groups is 3. The highest BCUT2D eigenvalue weighted by Gasteiger charge is 2.24. The molecule has 0 atom stereocenters. The van der Waals surface area contributed by atoms with Gasteiger partial charge in [-0.2, -0.15) is 0 Å². The molecule has 0 spiro atoms. The van der Waals surface area contributed by atoms with Crippen molar-refractivity contribution in [2.75, 3.05) is 0 Å². The van der Waals surface area contributed by atoms with Crippen molar-refractivity contribution < 1.29 is 19.5 Å². The van der Waals surface area contributed by atoms with Crippen LogP contribution in [0.25, 0.3) is 0 Å². The third-order valence-corrected chi connectivity index (χ3v) is 3.11. The van der Waals surface area contributed by atoms with Crippen LogP contribution in [-0.2, 0) is 4.79 Å². The molecule has 0 saturated carbocycles. The molecule has 0 radical (unpaired) electrons. The molecule has 1 aliphatic rings. The van der Waals surface area contributed by atoms with Crippen molar-refractivity contribution in [1.29, 1.82) is 0 Å². The van der Waals surface area contributed by atoms with E-state index in [0.717, 1.165) is 0 Å². The van der Waals surface area contributed by atoms with Crippen LogP contribution >= 0.6 is 0 Å². The number of fused-ring (bicyclic) bond motifs is 1. The van der Waals surface area contributed by atoms with E-state index in [1.165, 1.54) is 12.2 Å². The minimum absolute atomic E-state index is 0.138. The molecule has 1 aliphatic carbocycles. The van der Waals surface area contributed by atoms with E-state index in [1.54, 1.807) is 24.3 Å². The molecule has 1 N–H and O–H groups in total. The number of hydrogen-bond donors (Lipinski definition) is 1. The lowest BCUT2D eigenvalue weighted by molar-refractivity contribution is -0.132. The van der Waals surface area contributed by atoms with E-state index in [9.17, 15) is 14.4 Å². The fourth-order valence-electron chi connectivity index (χ4n) is 2.14. The highest BCUT2D eigenvalue weighted by molar-refractivity contribution is 6.25. The summed E-state index contributed by atoms with van der Waals surface area (Å²) in [5, 5.41) is 9.09. The summed E-state index contributed by atoms with van der Waals surface area (Å²) in [6.07, 6.45) is 3.53. The van der Waals surface area contributed by atoms with Gasteiger partial charge in [0.15, 0.2) is 11.6 Å². The fraction of sp³-hybridized carbons (Fsp3) is 0.188. The molecule has 0 bridgehead atoms. The highest BCUT2D eigenvalue weighted by Crippen LogP contribution is 2.23. The van der Waals surface area contributed by atoms with Gasteiger partial charge in [0.05, 0.1) is 0 Å². The number of Topliss-reactive ketones (excluding diaryl/α,β-unsaturated/α-hetero) is 1. The van der Waals surface area contributed by atoms with Crippen LogP contribution in [0, 0.1) is 0 Å². The molecule has 2 rings (SSSR count). The van der Waals surface area contributed by atoms with E-state index in [4.69, 9.17) is 5.11 Å². The first kappa shape index (κ1) is 13.9. The summed E-state index contributed by atoms with van der Waals surface area (Å²) in [7, 11) is 0. The van der Waals surface area contributed by atoms with Gasteiger partial charge in [0.1, 0.15) is 0 Å². The zero-order valence-corrected chi connectivity index (χ0v) is 11.1. The minimum atomic E-state index is -1.06. The minimum Gasteiger partial charge on any atom is -0.478 e. The molecule has 102 valence electrons. The quantitative estimate of drug-likeness (QED) is 0.854. The Bertz CT molecular complexity index is 650. The molecule has 20 heavy (non-hydrogen) atoms. The van der Waals surface area contributed by atoms with Crippen LogP contribution in [0.3, 0.4) is 0 Å². The van der Waals surface area contributed by atoms with Gasteiger partial charge in [-0.15, -0.1) is 0 Å². The highest BCUT2D eigenvalue weighted by atomic mass is 16.4. The Morgan fingerprint density at radius 3 is 2.45 bits per heavy atom. The normalized spacial score (nSPS) is 14.8. The first-order valence-electron chi connectivity index (χ1n) is 6.38. The number of carbonyl (C=O) groups excluding carboxylic acids is 2. The number of hydrogen-bond acceptors (Lipinski definition) is 3. The van der Waals surface area contributed by atoms with Crippen molar-refractivity contribution >= 4 is 17.5 Å². The summed E-state index contributed by atoms with van der Waals surface area (Å²) in [6, 6.07) is 6.55. The summed E-state index contributed by atoms with van der Waals surface area (Å²) in [4.78, 5) is 35.3. The van der Waals surface area contributed by atoms with Crippen molar-refractivity contribution in [3.05, 3.63) is 58.7 Å². The van der Waals surface area contributed by atoms with Crippen molar-refractivity contribution in [3.63, 3.8) is 0 Å². The van der Waals surface area contributed by atoms with E-state index >= 15 is 0 Å². The maximum Gasteiger partial charge on any atom is 0.331 e. The van der Waals surface area contributed by atoms with Crippen molar-refractivity contribution in [1.82, 2.24) is 0 Å². The van der Waals surface area contributed by atoms with Crippen LogP contribution in [-0.4, -0.2) is 22.6 Å². The van der Waals surface area contributed by atoms with Crippen LogP contribution < -0.4 is 0 Å². The molecule has 4 heteroatoms. The second-order valence-electron chi connectivity index (χ2n) is 4.56. The summed E-state index contributed by atoms with van der Waals surface area (Å²) < 4.78 is 0. The lowest BCUT2D eigenvalue weighted by atomic mass is 9.88. The second kappa shape index (κ2) is 5.65. The third-order valence-electron chi connectivity index (χ3n) is 3.11. The van der Waals surface area contributed by atoms with Crippen molar-refractivity contribution in [2.45, 2.75) is 19.8 Å². The lowest BCUT2D eigenvalue weighted by Crippen LogP contribution is -2.16. The van der Waals surface area contributed by atoms with Crippen molar-refractivity contribution in [2.24, 2.45) is 0 Å². The molecule has 0 unspecified atom stereocenters. The Kier molecular flexibility index (Phi) is 3.94. The van der Waals surface area contributed by atoms with Gasteiger partial charge in [-0.05, 0) is 18.6 Å². The lowest BCUT2D eigenvalue weighted by Gasteiger charge is -2.13. The van der Waals surface area contributed by atoms with Gasteiger partial charge in [0.25, 0.3) is 0 Å². The van der Waals surface area contributed by atoms with E-state index in [0.29, 0.717) is 24.0 Å². The zero-order valence-electron chi connectivity index (χ0n) is 11.1. The predicted molar refractivity (Wildman–Crippen MR) is 73.8 cm³/mol. The number of ketones is 2. The molecule has 4 nitrogen and oxygen atoms in total. The molecule has 0 saturated heterocycles. The van der Waals surface area contributed by atoms with E-state index in [2.05, 4.69) is 0 Å². The number of aliphatic carboxylic acids is 1. The molecule has 1 aromatic rings. The van der Waals surface area contributed by atoms with Gasteiger partial charge in [-0.25, -0.2) is 4.79 Å². The summed E-state index contributed by atoms with van der Waals surface area (Å²) >= 11 is 0. The summed E-state index contributed by atoms with van der Waals surface area (Å²) in [5.74, 6) is -1.64.